The van der Waals surface area contributed by atoms with Crippen LogP contribution in [0, 0.1) is 5.82 Å². The van der Waals surface area contributed by atoms with Crippen molar-refractivity contribution in [2.24, 2.45) is 0 Å². The average Bonchev–Trinajstić information content (AvgIpc) is 3.42. The molecule has 4 aromatic rings. The number of aromatic nitrogens is 3. The van der Waals surface area contributed by atoms with Crippen LogP contribution < -0.4 is 5.32 Å². The molecule has 8 nitrogen and oxygen atoms in total. The van der Waals surface area contributed by atoms with E-state index >= 15 is 0 Å². The third kappa shape index (κ3) is 5.22. The van der Waals surface area contributed by atoms with Gasteiger partial charge in [0.15, 0.2) is 5.69 Å². The molecule has 1 spiro atoms. The molecule has 2 aliphatic rings. The van der Waals surface area contributed by atoms with E-state index in [2.05, 4.69) is 15.4 Å². The van der Waals surface area contributed by atoms with Crippen molar-refractivity contribution < 1.29 is 45.1 Å². The van der Waals surface area contributed by atoms with Crippen molar-refractivity contribution in [1.29, 1.82) is 0 Å². The minimum atomic E-state index is -4.98. The number of nitrogens with zero attached hydrogens (tertiary/aromatic N) is 4. The van der Waals surface area contributed by atoms with Gasteiger partial charge in [-0.15, -0.1) is 0 Å². The van der Waals surface area contributed by atoms with Crippen LogP contribution in [0.1, 0.15) is 40.0 Å². The molecule has 0 unspecified atom stereocenters. The lowest BCUT2D eigenvalue weighted by Crippen LogP contribution is -2.50. The first-order valence-corrected chi connectivity index (χ1v) is 13.1. The number of piperidine rings is 1. The number of nitrogens with one attached hydrogen (secondary N) is 1. The molecule has 44 heavy (non-hydrogen) atoms. The monoisotopic (exact) mass is 619 g/mol. The molecule has 0 atom stereocenters. The molecule has 1 N–H and O–H groups in total. The van der Waals surface area contributed by atoms with Crippen LogP contribution in [0.5, 0.6) is 0 Å². The Morgan fingerprint density at radius 1 is 0.955 bits per heavy atom. The Hall–Kier alpha value is -4.95. The Morgan fingerprint density at radius 3 is 2.36 bits per heavy atom. The number of likely N-dealkylation sites (tertiary alicyclic amines) is 1. The summed E-state index contributed by atoms with van der Waals surface area (Å²) in [7, 11) is 0. The molecule has 1 saturated heterocycles. The summed E-state index contributed by atoms with van der Waals surface area (Å²) in [6, 6.07) is 9.80. The standard InChI is InChI=1S/C29H20F7N5O3/c30-21-5-4-18(13-19(21)29(34,35)36)41-24(16-2-1-9-37-15-16)14-23(39-41)25(42)40-10-7-27(8-11-40)20-12-17(28(31,32)33)3-6-22(20)38-26(43)44-27/h1-6,9,12-15H,7-8,10-11H2,(H,38,43). The third-order valence-corrected chi connectivity index (χ3v) is 7.61. The number of alkyl halides is 6. The Labute approximate surface area is 244 Å². The van der Waals surface area contributed by atoms with Gasteiger partial charge in [-0.05, 0) is 54.6 Å². The number of amides is 2. The smallest absolute Gasteiger partial charge is 0.419 e. The highest BCUT2D eigenvalue weighted by atomic mass is 19.4. The van der Waals surface area contributed by atoms with Gasteiger partial charge in [-0.3, -0.25) is 15.1 Å². The lowest BCUT2D eigenvalue weighted by Gasteiger charge is -2.44. The second-order valence-corrected chi connectivity index (χ2v) is 10.3. The second kappa shape index (κ2) is 10.3. The van der Waals surface area contributed by atoms with Gasteiger partial charge in [0.25, 0.3) is 5.91 Å². The van der Waals surface area contributed by atoms with E-state index in [0.717, 1.165) is 28.9 Å². The molecule has 4 heterocycles. The van der Waals surface area contributed by atoms with Crippen LogP contribution in [0.4, 0.5) is 41.2 Å². The molecule has 0 saturated carbocycles. The number of pyridine rings is 1. The van der Waals surface area contributed by atoms with Crippen molar-refractivity contribution in [2.75, 3.05) is 18.4 Å². The van der Waals surface area contributed by atoms with Gasteiger partial charge >= 0.3 is 18.4 Å². The topological polar surface area (TPSA) is 89.4 Å². The number of hydrogen-bond acceptors (Lipinski definition) is 5. The quantitative estimate of drug-likeness (QED) is 0.255. The van der Waals surface area contributed by atoms with E-state index in [1.54, 1.807) is 12.1 Å². The molecule has 2 amide bonds. The highest BCUT2D eigenvalue weighted by Gasteiger charge is 2.47. The van der Waals surface area contributed by atoms with Gasteiger partial charge in [-0.2, -0.15) is 31.4 Å². The van der Waals surface area contributed by atoms with Crippen molar-refractivity contribution in [2.45, 2.75) is 30.8 Å². The van der Waals surface area contributed by atoms with Gasteiger partial charge in [0.2, 0.25) is 0 Å². The lowest BCUT2D eigenvalue weighted by atomic mass is 9.81. The summed E-state index contributed by atoms with van der Waals surface area (Å²) in [5.41, 5.74) is -3.24. The molecule has 0 bridgehead atoms. The summed E-state index contributed by atoms with van der Waals surface area (Å²) in [5.74, 6) is -2.09. The average molecular weight is 619 g/mol. The summed E-state index contributed by atoms with van der Waals surface area (Å²) in [5, 5.41) is 6.67. The van der Waals surface area contributed by atoms with Crippen molar-refractivity contribution >= 4 is 17.7 Å². The fourth-order valence-corrected chi connectivity index (χ4v) is 5.44. The molecular formula is C29H20F7N5O3. The Balaban J connectivity index is 1.32. The van der Waals surface area contributed by atoms with Crippen LogP contribution in [0.25, 0.3) is 16.9 Å². The maximum absolute atomic E-state index is 14.0. The van der Waals surface area contributed by atoms with E-state index in [1.807, 2.05) is 0 Å². The zero-order chi connectivity index (χ0) is 31.4. The molecule has 2 aromatic carbocycles. The van der Waals surface area contributed by atoms with Crippen LogP contribution in [-0.4, -0.2) is 44.8 Å². The first kappa shape index (κ1) is 29.1. The number of hydrogen-bond donors (Lipinski definition) is 1. The normalized spacial score (nSPS) is 16.3. The number of carbonyl (C=O) groups excluding carboxylic acids is 2. The molecular weight excluding hydrogens is 599 g/mol. The molecule has 228 valence electrons. The van der Waals surface area contributed by atoms with Gasteiger partial charge < -0.3 is 9.64 Å². The van der Waals surface area contributed by atoms with E-state index in [9.17, 15) is 40.3 Å². The van der Waals surface area contributed by atoms with Gasteiger partial charge in [-0.25, -0.2) is 13.9 Å². The first-order valence-electron chi connectivity index (χ1n) is 13.1. The lowest BCUT2D eigenvalue weighted by molar-refractivity contribution is -0.140. The zero-order valence-electron chi connectivity index (χ0n) is 22.3. The fourth-order valence-electron chi connectivity index (χ4n) is 5.44. The van der Waals surface area contributed by atoms with Gasteiger partial charge in [-0.1, -0.05) is 0 Å². The van der Waals surface area contributed by atoms with E-state index in [0.29, 0.717) is 17.7 Å². The van der Waals surface area contributed by atoms with Crippen molar-refractivity contribution in [3.63, 3.8) is 0 Å². The van der Waals surface area contributed by atoms with Crippen molar-refractivity contribution in [3.05, 3.63) is 95.2 Å². The maximum atomic E-state index is 14.0. The van der Waals surface area contributed by atoms with Gasteiger partial charge in [0.05, 0.1) is 28.2 Å². The van der Waals surface area contributed by atoms with Crippen molar-refractivity contribution in [3.8, 4) is 16.9 Å². The number of carbonyl (C=O) groups is 2. The minimum Gasteiger partial charge on any atom is -0.438 e. The van der Waals surface area contributed by atoms with Gasteiger partial charge in [0, 0.05) is 49.5 Å². The predicted molar refractivity (Wildman–Crippen MR) is 140 cm³/mol. The first-order chi connectivity index (χ1) is 20.7. The molecule has 15 heteroatoms. The fraction of sp³-hybridized carbons (Fsp3) is 0.241. The minimum absolute atomic E-state index is 0.0243. The SMILES string of the molecule is O=C1Nc2ccc(C(F)(F)F)cc2C2(CCN(C(=O)c3cc(-c4cccnc4)n(-c4ccc(F)c(C(F)(F)F)c4)n3)CC2)O1. The molecule has 2 aromatic heterocycles. The third-order valence-electron chi connectivity index (χ3n) is 7.61. The Bertz CT molecular complexity index is 1760. The van der Waals surface area contributed by atoms with E-state index in [1.165, 1.54) is 23.4 Å². The zero-order valence-corrected chi connectivity index (χ0v) is 22.3. The number of fused-ring (bicyclic) bond motifs is 2. The van der Waals surface area contributed by atoms with Crippen LogP contribution in [0.3, 0.4) is 0 Å². The maximum Gasteiger partial charge on any atom is 0.419 e. The van der Waals surface area contributed by atoms with Crippen LogP contribution >= 0.6 is 0 Å². The summed E-state index contributed by atoms with van der Waals surface area (Å²) < 4.78 is 101. The molecule has 2 aliphatic heterocycles. The number of anilines is 1. The van der Waals surface area contributed by atoms with E-state index in [4.69, 9.17) is 4.74 Å². The van der Waals surface area contributed by atoms with E-state index in [-0.39, 0.29) is 54.3 Å². The Kier molecular flexibility index (Phi) is 6.85. The van der Waals surface area contributed by atoms with Crippen LogP contribution in [0.15, 0.2) is 67.0 Å². The molecule has 0 aliphatic carbocycles. The predicted octanol–water partition coefficient (Wildman–Crippen LogP) is 6.80. The Morgan fingerprint density at radius 2 is 1.70 bits per heavy atom. The highest BCUT2D eigenvalue weighted by molar-refractivity contribution is 5.94. The van der Waals surface area contributed by atoms with E-state index < -0.39 is 46.9 Å². The van der Waals surface area contributed by atoms with Gasteiger partial charge in [0.1, 0.15) is 11.4 Å². The summed E-state index contributed by atoms with van der Waals surface area (Å²) in [6.45, 7) is -0.0721. The summed E-state index contributed by atoms with van der Waals surface area (Å²) in [6.07, 6.45) is -7.62. The number of ether oxygens (including phenoxy) is 1. The second-order valence-electron chi connectivity index (χ2n) is 10.3. The number of benzene rings is 2. The molecule has 1 fully saturated rings. The van der Waals surface area contributed by atoms with Crippen molar-refractivity contribution in [1.82, 2.24) is 19.7 Å². The van der Waals surface area contributed by atoms with Crippen LogP contribution in [-0.2, 0) is 22.7 Å². The summed E-state index contributed by atoms with van der Waals surface area (Å²) in [4.78, 5) is 31.3. The number of halogens is 7. The molecule has 6 rings (SSSR count). The van der Waals surface area contributed by atoms with Crippen LogP contribution in [0.2, 0.25) is 0 Å². The largest absolute Gasteiger partial charge is 0.438 e. The number of rotatable bonds is 3. The molecule has 0 radical (unpaired) electrons. The summed E-state index contributed by atoms with van der Waals surface area (Å²) >= 11 is 0. The highest BCUT2D eigenvalue weighted by Crippen LogP contribution is 2.46.